The van der Waals surface area contributed by atoms with Gasteiger partial charge in [0.2, 0.25) is 0 Å². The summed E-state index contributed by atoms with van der Waals surface area (Å²) >= 11 is 0. The Labute approximate surface area is 114 Å². The molecule has 0 bridgehead atoms. The SMILES string of the molecule is CN=C(NC)NCc1ccc(N2CCOCC2)cc1. The molecule has 5 nitrogen and oxygen atoms in total. The molecule has 0 amide bonds. The van der Waals surface area contributed by atoms with Crippen molar-refractivity contribution in [2.45, 2.75) is 6.54 Å². The Morgan fingerprint density at radius 3 is 2.53 bits per heavy atom. The normalized spacial score (nSPS) is 16.3. The summed E-state index contributed by atoms with van der Waals surface area (Å²) in [6, 6.07) is 8.65. The molecule has 0 atom stereocenters. The zero-order valence-electron chi connectivity index (χ0n) is 11.6. The molecule has 104 valence electrons. The summed E-state index contributed by atoms with van der Waals surface area (Å²) in [7, 11) is 3.62. The quantitative estimate of drug-likeness (QED) is 0.625. The van der Waals surface area contributed by atoms with E-state index in [1.54, 1.807) is 7.05 Å². The van der Waals surface area contributed by atoms with Crippen LogP contribution in [0.2, 0.25) is 0 Å². The molecule has 0 unspecified atom stereocenters. The predicted molar refractivity (Wildman–Crippen MR) is 78.7 cm³/mol. The molecule has 0 radical (unpaired) electrons. The van der Waals surface area contributed by atoms with Crippen LogP contribution in [0.3, 0.4) is 0 Å². The smallest absolute Gasteiger partial charge is 0.190 e. The number of aliphatic imine (C=N–C) groups is 1. The molecular weight excluding hydrogens is 240 g/mol. The van der Waals surface area contributed by atoms with Crippen molar-refractivity contribution in [3.8, 4) is 0 Å². The highest BCUT2D eigenvalue weighted by atomic mass is 16.5. The van der Waals surface area contributed by atoms with Gasteiger partial charge in [0.1, 0.15) is 0 Å². The molecule has 1 aromatic rings. The Morgan fingerprint density at radius 2 is 1.95 bits per heavy atom. The highest BCUT2D eigenvalue weighted by Crippen LogP contribution is 2.16. The van der Waals surface area contributed by atoms with Gasteiger partial charge in [-0.15, -0.1) is 0 Å². The molecule has 1 heterocycles. The van der Waals surface area contributed by atoms with Crippen LogP contribution in [0, 0.1) is 0 Å². The van der Waals surface area contributed by atoms with Gasteiger partial charge in [-0.05, 0) is 17.7 Å². The van der Waals surface area contributed by atoms with E-state index in [1.807, 2.05) is 7.05 Å². The van der Waals surface area contributed by atoms with Gasteiger partial charge in [-0.25, -0.2) is 0 Å². The number of ether oxygens (including phenoxy) is 1. The van der Waals surface area contributed by atoms with Gasteiger partial charge >= 0.3 is 0 Å². The first-order chi connectivity index (χ1) is 9.33. The number of hydrogen-bond acceptors (Lipinski definition) is 3. The monoisotopic (exact) mass is 262 g/mol. The van der Waals surface area contributed by atoms with Gasteiger partial charge in [-0.1, -0.05) is 12.1 Å². The van der Waals surface area contributed by atoms with E-state index in [0.29, 0.717) is 0 Å². The third-order valence-electron chi connectivity index (χ3n) is 3.23. The highest BCUT2D eigenvalue weighted by molar-refractivity contribution is 5.79. The van der Waals surface area contributed by atoms with Crippen LogP contribution in [-0.2, 0) is 11.3 Å². The molecule has 5 heteroatoms. The van der Waals surface area contributed by atoms with Crippen LogP contribution in [0.1, 0.15) is 5.56 Å². The second-order valence-corrected chi connectivity index (χ2v) is 4.44. The number of rotatable bonds is 3. The summed E-state index contributed by atoms with van der Waals surface area (Å²) in [5.41, 5.74) is 2.51. The largest absolute Gasteiger partial charge is 0.378 e. The summed E-state index contributed by atoms with van der Waals surface area (Å²) in [5, 5.41) is 6.24. The maximum atomic E-state index is 5.36. The van der Waals surface area contributed by atoms with Crippen LogP contribution in [0.15, 0.2) is 29.3 Å². The second kappa shape index (κ2) is 6.99. The number of anilines is 1. The summed E-state index contributed by atoms with van der Waals surface area (Å²) in [4.78, 5) is 6.44. The predicted octanol–water partition coefficient (Wildman–Crippen LogP) is 0.818. The van der Waals surface area contributed by atoms with E-state index in [4.69, 9.17) is 4.74 Å². The van der Waals surface area contributed by atoms with Gasteiger partial charge in [0.05, 0.1) is 13.2 Å². The minimum Gasteiger partial charge on any atom is -0.378 e. The summed E-state index contributed by atoms with van der Waals surface area (Å²) < 4.78 is 5.36. The van der Waals surface area contributed by atoms with Crippen molar-refractivity contribution in [3.63, 3.8) is 0 Å². The fourth-order valence-corrected chi connectivity index (χ4v) is 2.11. The van der Waals surface area contributed by atoms with Gasteiger partial charge < -0.3 is 20.3 Å². The maximum Gasteiger partial charge on any atom is 0.190 e. The first-order valence-corrected chi connectivity index (χ1v) is 6.63. The maximum absolute atomic E-state index is 5.36. The Balaban J connectivity index is 1.90. The van der Waals surface area contributed by atoms with Crippen molar-refractivity contribution in [1.82, 2.24) is 10.6 Å². The van der Waals surface area contributed by atoms with E-state index in [9.17, 15) is 0 Å². The topological polar surface area (TPSA) is 48.9 Å². The van der Waals surface area contributed by atoms with Crippen LogP contribution in [0.4, 0.5) is 5.69 Å². The first-order valence-electron chi connectivity index (χ1n) is 6.63. The van der Waals surface area contributed by atoms with E-state index >= 15 is 0 Å². The summed E-state index contributed by atoms with van der Waals surface area (Å²) in [5.74, 6) is 0.803. The second-order valence-electron chi connectivity index (χ2n) is 4.44. The standard InChI is InChI=1S/C14H22N4O/c1-15-14(16-2)17-11-12-3-5-13(6-4-12)18-7-9-19-10-8-18/h3-6H,7-11H2,1-2H3,(H2,15,16,17). The van der Waals surface area contributed by atoms with Gasteiger partial charge in [-0.3, -0.25) is 4.99 Å². The minimum absolute atomic E-state index is 0.775. The molecule has 0 aromatic heterocycles. The average molecular weight is 262 g/mol. The van der Waals surface area contributed by atoms with E-state index < -0.39 is 0 Å². The lowest BCUT2D eigenvalue weighted by molar-refractivity contribution is 0.122. The van der Waals surface area contributed by atoms with Gasteiger partial charge in [0.15, 0.2) is 5.96 Å². The van der Waals surface area contributed by atoms with Crippen LogP contribution in [0.25, 0.3) is 0 Å². The van der Waals surface area contributed by atoms with Crippen molar-refractivity contribution < 1.29 is 4.74 Å². The molecule has 1 fully saturated rings. The molecule has 1 aromatic carbocycles. The summed E-state index contributed by atoms with van der Waals surface area (Å²) in [6.07, 6.45) is 0. The lowest BCUT2D eigenvalue weighted by Gasteiger charge is -2.28. The van der Waals surface area contributed by atoms with Gasteiger partial charge in [0, 0.05) is 39.4 Å². The van der Waals surface area contributed by atoms with Crippen LogP contribution < -0.4 is 15.5 Å². The molecule has 2 rings (SSSR count). The minimum atomic E-state index is 0.775. The van der Waals surface area contributed by atoms with Crippen molar-refractivity contribution in [3.05, 3.63) is 29.8 Å². The zero-order chi connectivity index (χ0) is 13.5. The molecule has 0 spiro atoms. The molecule has 1 aliphatic heterocycles. The molecule has 0 saturated carbocycles. The number of hydrogen-bond donors (Lipinski definition) is 2. The van der Waals surface area contributed by atoms with Crippen molar-refractivity contribution in [1.29, 1.82) is 0 Å². The third-order valence-corrected chi connectivity index (χ3v) is 3.23. The van der Waals surface area contributed by atoms with Crippen molar-refractivity contribution in [2.24, 2.45) is 4.99 Å². The first kappa shape index (κ1) is 13.7. The molecule has 0 aliphatic carbocycles. The molecule has 19 heavy (non-hydrogen) atoms. The molecular formula is C14H22N4O. The van der Waals surface area contributed by atoms with Crippen molar-refractivity contribution in [2.75, 3.05) is 45.3 Å². The third kappa shape index (κ3) is 3.86. The van der Waals surface area contributed by atoms with E-state index in [1.165, 1.54) is 11.3 Å². The van der Waals surface area contributed by atoms with E-state index in [-0.39, 0.29) is 0 Å². The Bertz CT molecular complexity index is 410. The molecule has 1 saturated heterocycles. The number of benzene rings is 1. The molecule has 1 aliphatic rings. The number of guanidine groups is 1. The Morgan fingerprint density at radius 1 is 1.26 bits per heavy atom. The average Bonchev–Trinajstić information content (AvgIpc) is 2.50. The number of morpholine rings is 1. The van der Waals surface area contributed by atoms with Gasteiger partial charge in [-0.2, -0.15) is 0 Å². The Hall–Kier alpha value is -1.75. The zero-order valence-corrected chi connectivity index (χ0v) is 11.6. The van der Waals surface area contributed by atoms with Crippen LogP contribution in [-0.4, -0.2) is 46.4 Å². The fraction of sp³-hybridized carbons (Fsp3) is 0.500. The van der Waals surface area contributed by atoms with E-state index in [2.05, 4.69) is 44.8 Å². The lowest BCUT2D eigenvalue weighted by Crippen LogP contribution is -2.36. The fourth-order valence-electron chi connectivity index (χ4n) is 2.11. The molecule has 2 N–H and O–H groups in total. The van der Waals surface area contributed by atoms with Crippen LogP contribution >= 0.6 is 0 Å². The highest BCUT2D eigenvalue weighted by Gasteiger charge is 2.10. The van der Waals surface area contributed by atoms with Crippen molar-refractivity contribution >= 4 is 11.6 Å². The number of nitrogens with one attached hydrogen (secondary N) is 2. The van der Waals surface area contributed by atoms with Crippen LogP contribution in [0.5, 0.6) is 0 Å². The Kier molecular flexibility index (Phi) is 5.03. The summed E-state index contributed by atoms with van der Waals surface area (Å²) in [6.45, 7) is 4.37. The van der Waals surface area contributed by atoms with E-state index in [0.717, 1.165) is 38.8 Å². The number of nitrogens with zero attached hydrogens (tertiary/aromatic N) is 2. The lowest BCUT2D eigenvalue weighted by atomic mass is 10.2. The van der Waals surface area contributed by atoms with Gasteiger partial charge in [0.25, 0.3) is 0 Å².